The molecule has 0 aromatic heterocycles. The second kappa shape index (κ2) is 8.90. The van der Waals surface area contributed by atoms with Crippen molar-refractivity contribution >= 4 is 7.60 Å². The lowest BCUT2D eigenvalue weighted by atomic mass is 9.99. The maximum Gasteiger partial charge on any atom is 0.345 e. The molecule has 0 amide bonds. The van der Waals surface area contributed by atoms with Gasteiger partial charge >= 0.3 is 7.60 Å². The molecule has 0 aliphatic rings. The molecule has 0 radical (unpaired) electrons. The standard InChI is InChI=1S/C18H22NO5P/c1-3-23-25(22,24-4-2)18(16-13-9-6-10-14-16)17(19(20)21)15-11-7-5-8-12-15/h5-14,17-18H,3-4H2,1-2H3. The van der Waals surface area contributed by atoms with Crippen LogP contribution in [0.1, 0.15) is 36.7 Å². The molecule has 2 atom stereocenters. The van der Waals surface area contributed by atoms with E-state index in [0.29, 0.717) is 11.1 Å². The van der Waals surface area contributed by atoms with Crippen molar-refractivity contribution in [2.24, 2.45) is 0 Å². The van der Waals surface area contributed by atoms with Crippen LogP contribution in [0.25, 0.3) is 0 Å². The SMILES string of the molecule is CCOP(=O)(OCC)C(c1ccccc1)C(c1ccccc1)[N+](=O)[O-]. The van der Waals surface area contributed by atoms with E-state index in [2.05, 4.69) is 0 Å². The molecule has 25 heavy (non-hydrogen) atoms. The van der Waals surface area contributed by atoms with E-state index in [9.17, 15) is 14.7 Å². The summed E-state index contributed by atoms with van der Waals surface area (Å²) in [7, 11) is -3.77. The van der Waals surface area contributed by atoms with Crippen LogP contribution < -0.4 is 0 Å². The minimum Gasteiger partial charge on any atom is -0.308 e. The predicted molar refractivity (Wildman–Crippen MR) is 96.2 cm³/mol. The molecular weight excluding hydrogens is 341 g/mol. The molecule has 0 aliphatic carbocycles. The Kier molecular flexibility index (Phi) is 6.88. The number of rotatable bonds is 9. The molecule has 0 fully saturated rings. The van der Waals surface area contributed by atoms with Crippen molar-refractivity contribution in [3.8, 4) is 0 Å². The van der Waals surface area contributed by atoms with Gasteiger partial charge in [0.2, 0.25) is 0 Å². The molecule has 0 spiro atoms. The molecule has 2 aromatic rings. The quantitative estimate of drug-likeness (QED) is 0.355. The highest BCUT2D eigenvalue weighted by Crippen LogP contribution is 2.65. The summed E-state index contributed by atoms with van der Waals surface area (Å²) in [6, 6.07) is 16.0. The Bertz CT molecular complexity index is 713. The van der Waals surface area contributed by atoms with Crippen molar-refractivity contribution < 1.29 is 18.5 Å². The van der Waals surface area contributed by atoms with Crippen LogP contribution in [-0.2, 0) is 13.6 Å². The lowest BCUT2D eigenvalue weighted by molar-refractivity contribution is -0.530. The van der Waals surface area contributed by atoms with Crippen LogP contribution in [-0.4, -0.2) is 18.1 Å². The van der Waals surface area contributed by atoms with E-state index in [1.165, 1.54) is 0 Å². The summed E-state index contributed by atoms with van der Waals surface area (Å²) in [5.74, 6) is 0. The first-order valence-corrected chi connectivity index (χ1v) is 9.76. The van der Waals surface area contributed by atoms with Gasteiger partial charge in [0.1, 0.15) is 0 Å². The molecule has 2 unspecified atom stereocenters. The molecule has 0 heterocycles. The summed E-state index contributed by atoms with van der Waals surface area (Å²) in [5.41, 5.74) is -0.0229. The van der Waals surface area contributed by atoms with Crippen LogP contribution in [0.3, 0.4) is 0 Å². The minimum absolute atomic E-state index is 0.139. The van der Waals surface area contributed by atoms with Gasteiger partial charge in [-0.05, 0) is 19.4 Å². The van der Waals surface area contributed by atoms with Crippen molar-refractivity contribution in [1.29, 1.82) is 0 Å². The van der Waals surface area contributed by atoms with Gasteiger partial charge < -0.3 is 9.05 Å². The Labute approximate surface area is 147 Å². The number of hydrogen-bond acceptors (Lipinski definition) is 5. The molecule has 7 heteroatoms. The Morgan fingerprint density at radius 3 is 1.76 bits per heavy atom. The summed E-state index contributed by atoms with van der Waals surface area (Å²) in [5, 5.41) is 11.9. The first-order valence-electron chi connectivity index (χ1n) is 8.15. The van der Waals surface area contributed by atoms with E-state index in [1.54, 1.807) is 74.5 Å². The molecular formula is C18H22NO5P. The zero-order chi connectivity index (χ0) is 18.3. The molecule has 0 aliphatic heterocycles. The number of nitrogens with zero attached hydrogens (tertiary/aromatic N) is 1. The summed E-state index contributed by atoms with van der Waals surface area (Å²) >= 11 is 0. The average Bonchev–Trinajstić information content (AvgIpc) is 2.61. The zero-order valence-corrected chi connectivity index (χ0v) is 15.2. The Balaban J connectivity index is 2.64. The normalized spacial score (nSPS) is 14.0. The Morgan fingerprint density at radius 2 is 1.36 bits per heavy atom. The molecule has 2 rings (SSSR count). The van der Waals surface area contributed by atoms with Crippen LogP contribution in [0, 0.1) is 10.1 Å². The lowest BCUT2D eigenvalue weighted by Gasteiger charge is -2.28. The molecule has 6 nitrogen and oxygen atoms in total. The van der Waals surface area contributed by atoms with Gasteiger partial charge in [-0.15, -0.1) is 0 Å². The molecule has 134 valence electrons. The highest BCUT2D eigenvalue weighted by molar-refractivity contribution is 7.54. The fraction of sp³-hybridized carbons (Fsp3) is 0.333. The van der Waals surface area contributed by atoms with Gasteiger partial charge in [0.05, 0.1) is 13.2 Å². The summed E-state index contributed by atoms with van der Waals surface area (Å²) < 4.78 is 24.4. The van der Waals surface area contributed by atoms with Crippen molar-refractivity contribution in [3.63, 3.8) is 0 Å². The van der Waals surface area contributed by atoms with Crippen LogP contribution in [0.2, 0.25) is 0 Å². The van der Waals surface area contributed by atoms with Crippen LogP contribution in [0.5, 0.6) is 0 Å². The lowest BCUT2D eigenvalue weighted by Crippen LogP contribution is -2.22. The maximum absolute atomic E-state index is 13.5. The first kappa shape index (κ1) is 19.3. The summed E-state index contributed by atoms with van der Waals surface area (Å²) in [4.78, 5) is 11.5. The van der Waals surface area contributed by atoms with Crippen LogP contribution in [0.4, 0.5) is 0 Å². The summed E-state index contributed by atoms with van der Waals surface area (Å²) in [6.45, 7) is 3.66. The molecule has 0 N–H and O–H groups in total. The van der Waals surface area contributed by atoms with E-state index in [0.717, 1.165) is 0 Å². The maximum atomic E-state index is 13.5. The first-order chi connectivity index (χ1) is 12.0. The van der Waals surface area contributed by atoms with Gasteiger partial charge in [0.15, 0.2) is 5.66 Å². The topological polar surface area (TPSA) is 78.7 Å². The third kappa shape index (κ3) is 4.54. The molecule has 0 bridgehead atoms. The fourth-order valence-corrected chi connectivity index (χ4v) is 5.09. The van der Waals surface area contributed by atoms with E-state index >= 15 is 0 Å². The second-order valence-corrected chi connectivity index (χ2v) is 7.52. The predicted octanol–water partition coefficient (Wildman–Crippen LogP) is 5.01. The van der Waals surface area contributed by atoms with E-state index in [1.807, 2.05) is 0 Å². The van der Waals surface area contributed by atoms with Crippen molar-refractivity contribution in [3.05, 3.63) is 81.9 Å². The number of hydrogen-bond donors (Lipinski definition) is 0. The van der Waals surface area contributed by atoms with Gasteiger partial charge in [0, 0.05) is 10.5 Å². The van der Waals surface area contributed by atoms with Crippen molar-refractivity contribution in [1.82, 2.24) is 0 Å². The number of benzene rings is 2. The largest absolute Gasteiger partial charge is 0.345 e. The second-order valence-electron chi connectivity index (χ2n) is 5.37. The van der Waals surface area contributed by atoms with Gasteiger partial charge in [-0.25, -0.2) is 0 Å². The highest BCUT2D eigenvalue weighted by Gasteiger charge is 2.49. The average molecular weight is 363 g/mol. The van der Waals surface area contributed by atoms with E-state index < -0.39 is 24.2 Å². The monoisotopic (exact) mass is 363 g/mol. The van der Waals surface area contributed by atoms with Crippen LogP contribution >= 0.6 is 7.60 Å². The zero-order valence-electron chi connectivity index (χ0n) is 14.3. The van der Waals surface area contributed by atoms with Crippen LogP contribution in [0.15, 0.2) is 60.7 Å². The highest BCUT2D eigenvalue weighted by atomic mass is 31.2. The van der Waals surface area contributed by atoms with Gasteiger partial charge in [-0.2, -0.15) is 0 Å². The van der Waals surface area contributed by atoms with Gasteiger partial charge in [-0.1, -0.05) is 60.7 Å². The Hall–Kier alpha value is -2.01. The smallest absolute Gasteiger partial charge is 0.308 e. The third-order valence-electron chi connectivity index (χ3n) is 3.77. The Morgan fingerprint density at radius 1 is 0.920 bits per heavy atom. The molecule has 0 saturated carbocycles. The van der Waals surface area contributed by atoms with E-state index in [4.69, 9.17) is 9.05 Å². The molecule has 2 aromatic carbocycles. The summed E-state index contributed by atoms with van der Waals surface area (Å²) in [6.07, 6.45) is 0. The van der Waals surface area contributed by atoms with Crippen molar-refractivity contribution in [2.45, 2.75) is 25.5 Å². The minimum atomic E-state index is -3.77. The number of nitro groups is 1. The van der Waals surface area contributed by atoms with E-state index in [-0.39, 0.29) is 13.2 Å². The van der Waals surface area contributed by atoms with Crippen molar-refractivity contribution in [2.75, 3.05) is 13.2 Å². The molecule has 0 saturated heterocycles. The fourth-order valence-electron chi connectivity index (χ4n) is 2.82. The van der Waals surface area contributed by atoms with Gasteiger partial charge in [-0.3, -0.25) is 14.7 Å². The third-order valence-corrected chi connectivity index (χ3v) is 6.27. The van der Waals surface area contributed by atoms with Gasteiger partial charge in [0.25, 0.3) is 6.04 Å².